The lowest BCUT2D eigenvalue weighted by atomic mass is 10.1. The number of amides is 1. The predicted molar refractivity (Wildman–Crippen MR) is 85.3 cm³/mol. The molecule has 2 saturated carbocycles. The van der Waals surface area contributed by atoms with Gasteiger partial charge in [0.1, 0.15) is 0 Å². The minimum Gasteiger partial charge on any atom is -0.356 e. The fourth-order valence-electron chi connectivity index (χ4n) is 3.06. The number of sulfone groups is 1. The molecule has 1 amide bonds. The number of nitrogens with one attached hydrogen (secondary N) is 1. The zero-order valence-corrected chi connectivity index (χ0v) is 13.6. The first-order valence-electron chi connectivity index (χ1n) is 8.18. The summed E-state index contributed by atoms with van der Waals surface area (Å²) in [5.74, 6) is 0.388. The van der Waals surface area contributed by atoms with E-state index in [0.29, 0.717) is 11.4 Å². The molecule has 1 aromatic carbocycles. The quantitative estimate of drug-likeness (QED) is 0.875. The number of benzene rings is 1. The van der Waals surface area contributed by atoms with Crippen molar-refractivity contribution >= 4 is 15.7 Å². The second-order valence-corrected chi connectivity index (χ2v) is 8.64. The molecule has 0 aromatic heterocycles. The van der Waals surface area contributed by atoms with Crippen LogP contribution in [0.2, 0.25) is 0 Å². The van der Waals surface area contributed by atoms with Gasteiger partial charge in [-0.2, -0.15) is 0 Å². The Balaban J connectivity index is 1.56. The first kappa shape index (κ1) is 15.5. The normalized spacial score (nSPS) is 19.3. The Kier molecular flexibility index (Phi) is 4.52. The molecule has 4 nitrogen and oxygen atoms in total. The molecule has 1 aromatic rings. The van der Waals surface area contributed by atoms with Gasteiger partial charge in [-0.1, -0.05) is 25.0 Å². The van der Waals surface area contributed by atoms with E-state index in [2.05, 4.69) is 5.32 Å². The molecule has 0 heterocycles. The van der Waals surface area contributed by atoms with Crippen LogP contribution in [0.15, 0.2) is 29.2 Å². The van der Waals surface area contributed by atoms with Crippen molar-refractivity contribution in [1.29, 1.82) is 0 Å². The molecule has 1 N–H and O–H groups in total. The highest BCUT2D eigenvalue weighted by atomic mass is 32.2. The van der Waals surface area contributed by atoms with Gasteiger partial charge in [0.15, 0.2) is 9.84 Å². The Morgan fingerprint density at radius 1 is 1.05 bits per heavy atom. The lowest BCUT2D eigenvalue weighted by Crippen LogP contribution is -2.26. The number of carbonyl (C=O) groups excluding carboxylic acids is 1. The average Bonchev–Trinajstić information content (AvgIpc) is 3.21. The third kappa shape index (κ3) is 3.51. The fourth-order valence-corrected chi connectivity index (χ4v) is 4.91. The zero-order chi connectivity index (χ0) is 15.6. The molecule has 2 aliphatic carbocycles. The van der Waals surface area contributed by atoms with Crippen molar-refractivity contribution in [3.63, 3.8) is 0 Å². The standard InChI is InChI=1S/C17H23NO3S/c19-17(14-7-8-14)18-12-11-13-5-9-16(10-6-13)22(20,21)15-3-1-2-4-15/h5-6,9-10,14-15H,1-4,7-8,11-12H2,(H,18,19). The molecule has 2 aliphatic rings. The summed E-state index contributed by atoms with van der Waals surface area (Å²) in [4.78, 5) is 12.0. The van der Waals surface area contributed by atoms with E-state index in [4.69, 9.17) is 0 Å². The van der Waals surface area contributed by atoms with Crippen LogP contribution in [0.3, 0.4) is 0 Å². The summed E-state index contributed by atoms with van der Waals surface area (Å²) in [6, 6.07) is 7.16. The van der Waals surface area contributed by atoms with Gasteiger partial charge in [-0.3, -0.25) is 4.79 Å². The lowest BCUT2D eigenvalue weighted by Gasteiger charge is -2.11. The highest BCUT2D eigenvalue weighted by molar-refractivity contribution is 7.92. The molecule has 0 unspecified atom stereocenters. The highest BCUT2D eigenvalue weighted by Crippen LogP contribution is 2.30. The lowest BCUT2D eigenvalue weighted by molar-refractivity contribution is -0.122. The maximum Gasteiger partial charge on any atom is 0.223 e. The molecule has 120 valence electrons. The second-order valence-electron chi connectivity index (χ2n) is 6.41. The van der Waals surface area contributed by atoms with E-state index in [1.165, 1.54) is 0 Å². The second kappa shape index (κ2) is 6.41. The minimum atomic E-state index is -3.16. The van der Waals surface area contributed by atoms with Gasteiger partial charge in [-0.05, 0) is 49.8 Å². The third-order valence-corrected chi connectivity index (χ3v) is 6.93. The van der Waals surface area contributed by atoms with Crippen molar-refractivity contribution in [3.8, 4) is 0 Å². The predicted octanol–water partition coefficient (Wildman–Crippen LogP) is 2.47. The summed E-state index contributed by atoms with van der Waals surface area (Å²) < 4.78 is 24.9. The Labute approximate surface area is 132 Å². The summed E-state index contributed by atoms with van der Waals surface area (Å²) >= 11 is 0. The Morgan fingerprint density at radius 2 is 1.68 bits per heavy atom. The Bertz CT molecular complexity index is 626. The maximum absolute atomic E-state index is 12.5. The number of hydrogen-bond acceptors (Lipinski definition) is 3. The van der Waals surface area contributed by atoms with Crippen molar-refractivity contribution < 1.29 is 13.2 Å². The van der Waals surface area contributed by atoms with Crippen molar-refractivity contribution in [2.45, 2.75) is 55.1 Å². The van der Waals surface area contributed by atoms with E-state index in [-0.39, 0.29) is 17.1 Å². The SMILES string of the molecule is O=C(NCCc1ccc(S(=O)(=O)C2CCCC2)cc1)C1CC1. The Morgan fingerprint density at radius 3 is 2.27 bits per heavy atom. The molecule has 0 saturated heterocycles. The summed E-state index contributed by atoms with van der Waals surface area (Å²) in [6.45, 7) is 0.615. The van der Waals surface area contributed by atoms with Crippen LogP contribution in [-0.2, 0) is 21.1 Å². The molecular weight excluding hydrogens is 298 g/mol. The van der Waals surface area contributed by atoms with Gasteiger partial charge in [0.2, 0.25) is 5.91 Å². The van der Waals surface area contributed by atoms with Crippen LogP contribution < -0.4 is 5.32 Å². The molecular formula is C17H23NO3S. The zero-order valence-electron chi connectivity index (χ0n) is 12.8. The minimum absolute atomic E-state index is 0.153. The average molecular weight is 321 g/mol. The molecule has 0 atom stereocenters. The van der Waals surface area contributed by atoms with Gasteiger partial charge in [0.25, 0.3) is 0 Å². The van der Waals surface area contributed by atoms with Crippen LogP contribution in [0.25, 0.3) is 0 Å². The Hall–Kier alpha value is -1.36. The topological polar surface area (TPSA) is 63.2 Å². The van der Waals surface area contributed by atoms with Crippen molar-refractivity contribution in [3.05, 3.63) is 29.8 Å². The van der Waals surface area contributed by atoms with Crippen LogP contribution in [0.5, 0.6) is 0 Å². The van der Waals surface area contributed by atoms with Crippen molar-refractivity contribution in [1.82, 2.24) is 5.32 Å². The summed E-state index contributed by atoms with van der Waals surface area (Å²) in [5, 5.41) is 2.73. The van der Waals surface area contributed by atoms with E-state index in [1.54, 1.807) is 12.1 Å². The van der Waals surface area contributed by atoms with E-state index in [1.807, 2.05) is 12.1 Å². The summed E-state index contributed by atoms with van der Waals surface area (Å²) in [7, 11) is -3.16. The number of carbonyl (C=O) groups is 1. The van der Waals surface area contributed by atoms with Crippen LogP contribution >= 0.6 is 0 Å². The first-order valence-corrected chi connectivity index (χ1v) is 9.72. The highest BCUT2D eigenvalue weighted by Gasteiger charge is 2.30. The number of rotatable bonds is 6. The van der Waals surface area contributed by atoms with Crippen LogP contribution in [0, 0.1) is 5.92 Å². The molecule has 22 heavy (non-hydrogen) atoms. The third-order valence-electron chi connectivity index (χ3n) is 4.65. The molecule has 5 heteroatoms. The van der Waals surface area contributed by atoms with E-state index >= 15 is 0 Å². The molecule has 0 spiro atoms. The fraction of sp³-hybridized carbons (Fsp3) is 0.588. The maximum atomic E-state index is 12.5. The van der Waals surface area contributed by atoms with Gasteiger partial charge in [-0.15, -0.1) is 0 Å². The number of hydrogen-bond donors (Lipinski definition) is 1. The van der Waals surface area contributed by atoms with Crippen molar-refractivity contribution in [2.24, 2.45) is 5.92 Å². The smallest absolute Gasteiger partial charge is 0.223 e. The van der Waals surface area contributed by atoms with Crippen LogP contribution in [-0.4, -0.2) is 26.1 Å². The molecule has 0 aliphatic heterocycles. The summed E-state index contributed by atoms with van der Waals surface area (Å²) in [5.41, 5.74) is 1.06. The molecule has 0 radical (unpaired) electrons. The van der Waals surface area contributed by atoms with Gasteiger partial charge >= 0.3 is 0 Å². The van der Waals surface area contributed by atoms with Gasteiger partial charge in [-0.25, -0.2) is 8.42 Å². The van der Waals surface area contributed by atoms with Gasteiger partial charge in [0.05, 0.1) is 10.1 Å². The van der Waals surface area contributed by atoms with E-state index < -0.39 is 9.84 Å². The van der Waals surface area contributed by atoms with Crippen LogP contribution in [0.4, 0.5) is 0 Å². The van der Waals surface area contributed by atoms with E-state index in [0.717, 1.165) is 50.5 Å². The molecule has 0 bridgehead atoms. The summed E-state index contributed by atoms with van der Waals surface area (Å²) in [6.07, 6.45) is 6.38. The molecule has 2 fully saturated rings. The monoisotopic (exact) mass is 321 g/mol. The van der Waals surface area contributed by atoms with Crippen LogP contribution in [0.1, 0.15) is 44.1 Å². The van der Waals surface area contributed by atoms with E-state index in [9.17, 15) is 13.2 Å². The molecule has 3 rings (SSSR count). The van der Waals surface area contributed by atoms with Gasteiger partial charge in [0, 0.05) is 12.5 Å². The van der Waals surface area contributed by atoms with Crippen molar-refractivity contribution in [2.75, 3.05) is 6.54 Å². The van der Waals surface area contributed by atoms with Gasteiger partial charge < -0.3 is 5.32 Å². The largest absolute Gasteiger partial charge is 0.356 e. The first-order chi connectivity index (χ1) is 10.6.